The van der Waals surface area contributed by atoms with E-state index in [1.165, 1.54) is 6.92 Å². The van der Waals surface area contributed by atoms with Crippen LogP contribution in [0.3, 0.4) is 0 Å². The molecule has 0 aromatic carbocycles. The molecule has 140 valence electrons. The second-order valence-electron chi connectivity index (χ2n) is 4.93. The van der Waals surface area contributed by atoms with Crippen LogP contribution in [0.4, 0.5) is 0 Å². The van der Waals surface area contributed by atoms with Crippen molar-refractivity contribution >= 4 is 13.8 Å². The van der Waals surface area contributed by atoms with Gasteiger partial charge in [-0.05, 0) is 26.2 Å². The third kappa shape index (κ3) is 19.5. The molecule has 0 bridgehead atoms. The fourth-order valence-corrected chi connectivity index (χ4v) is 2.56. The van der Waals surface area contributed by atoms with Gasteiger partial charge in [0.1, 0.15) is 0 Å². The molecule has 0 atom stereocenters. The fraction of sp³-hybridized carbons (Fsp3) is 0.938. The number of rotatable bonds is 13. The number of hydrogen-bond donors (Lipinski definition) is 0. The molecule has 0 aromatic heterocycles. The highest BCUT2D eigenvalue weighted by Gasteiger charge is 2.25. The summed E-state index contributed by atoms with van der Waals surface area (Å²) in [6.45, 7) is 11.1. The first-order valence-corrected chi connectivity index (χ1v) is 10.1. The number of phosphoric ester groups is 1. The molecule has 0 amide bonds. The quantitative estimate of drug-likeness (QED) is 0.260. The van der Waals surface area contributed by atoms with E-state index in [1.54, 1.807) is 6.92 Å². The number of ether oxygens (including phenoxy) is 1. The zero-order valence-electron chi connectivity index (χ0n) is 15.5. The van der Waals surface area contributed by atoms with Gasteiger partial charge in [-0.15, -0.1) is 0 Å². The summed E-state index contributed by atoms with van der Waals surface area (Å²) in [5.41, 5.74) is 0. The first-order valence-electron chi connectivity index (χ1n) is 8.62. The van der Waals surface area contributed by atoms with E-state index in [2.05, 4.69) is 25.5 Å². The van der Waals surface area contributed by atoms with Crippen LogP contribution in [0, 0.1) is 0 Å². The molecule has 0 saturated heterocycles. The van der Waals surface area contributed by atoms with Crippen molar-refractivity contribution < 1.29 is 27.7 Å². The van der Waals surface area contributed by atoms with E-state index in [9.17, 15) is 9.36 Å². The van der Waals surface area contributed by atoms with Crippen LogP contribution < -0.4 is 0 Å². The van der Waals surface area contributed by atoms with Crippen molar-refractivity contribution in [2.45, 2.75) is 73.1 Å². The molecule has 23 heavy (non-hydrogen) atoms. The SMILES string of the molecule is CCCCOP(=O)(OCCCC)OCCCC.CCOC(C)=O. The molecule has 0 fully saturated rings. The molecule has 0 saturated carbocycles. The van der Waals surface area contributed by atoms with Crippen LogP contribution in [0.15, 0.2) is 0 Å². The van der Waals surface area contributed by atoms with Gasteiger partial charge in [-0.3, -0.25) is 18.4 Å². The summed E-state index contributed by atoms with van der Waals surface area (Å²) in [5.74, 6) is -0.211. The molecule has 0 aliphatic heterocycles. The molecule has 0 rings (SSSR count). The van der Waals surface area contributed by atoms with Gasteiger partial charge in [0.05, 0.1) is 26.4 Å². The van der Waals surface area contributed by atoms with Gasteiger partial charge < -0.3 is 4.74 Å². The molecule has 0 radical (unpaired) electrons. The minimum Gasteiger partial charge on any atom is -0.466 e. The van der Waals surface area contributed by atoms with Gasteiger partial charge in [-0.1, -0.05) is 40.0 Å². The summed E-state index contributed by atoms with van der Waals surface area (Å²) in [6.07, 6.45) is 5.63. The van der Waals surface area contributed by atoms with Crippen LogP contribution in [0.1, 0.15) is 73.1 Å². The molecule has 6 nitrogen and oxygen atoms in total. The van der Waals surface area contributed by atoms with E-state index in [0.717, 1.165) is 38.5 Å². The van der Waals surface area contributed by atoms with Crippen molar-refractivity contribution in [3.05, 3.63) is 0 Å². The van der Waals surface area contributed by atoms with Crippen molar-refractivity contribution in [1.29, 1.82) is 0 Å². The van der Waals surface area contributed by atoms with Gasteiger partial charge in [0, 0.05) is 6.92 Å². The molecule has 0 aliphatic carbocycles. The highest BCUT2D eigenvalue weighted by molar-refractivity contribution is 7.48. The van der Waals surface area contributed by atoms with E-state index in [4.69, 9.17) is 13.6 Å². The van der Waals surface area contributed by atoms with E-state index in [0.29, 0.717) is 26.4 Å². The maximum absolute atomic E-state index is 12.2. The lowest BCUT2D eigenvalue weighted by molar-refractivity contribution is -0.140. The fourth-order valence-electron chi connectivity index (χ4n) is 1.28. The number of esters is 1. The Morgan fingerprint density at radius 1 is 0.783 bits per heavy atom. The summed E-state index contributed by atoms with van der Waals surface area (Å²) in [4.78, 5) is 9.82. The van der Waals surface area contributed by atoms with Gasteiger partial charge in [-0.25, -0.2) is 4.57 Å². The van der Waals surface area contributed by atoms with E-state index < -0.39 is 7.82 Å². The molecule has 0 N–H and O–H groups in total. The molecular formula is C16H35O6P. The topological polar surface area (TPSA) is 71.1 Å². The molecule has 0 aromatic rings. The second kappa shape index (κ2) is 17.9. The Balaban J connectivity index is 0. The molecule has 0 spiro atoms. The van der Waals surface area contributed by atoms with Crippen molar-refractivity contribution in [2.24, 2.45) is 0 Å². The second-order valence-corrected chi connectivity index (χ2v) is 6.60. The highest BCUT2D eigenvalue weighted by Crippen LogP contribution is 2.49. The first-order chi connectivity index (χ1) is 11.0. The average Bonchev–Trinajstić information content (AvgIpc) is 2.49. The van der Waals surface area contributed by atoms with E-state index >= 15 is 0 Å². The predicted octanol–water partition coefficient (Wildman–Crippen LogP) is 5.11. The standard InChI is InChI=1S/C12H27O4P.C4H8O2/c1-4-7-10-14-17(13,15-11-8-5-2)16-12-9-6-3;1-3-6-4(2)5/h4-12H2,1-3H3;3H2,1-2H3. The third-order valence-electron chi connectivity index (χ3n) is 2.59. The molecule has 7 heteroatoms. The van der Waals surface area contributed by atoms with Gasteiger partial charge in [0.2, 0.25) is 0 Å². The third-order valence-corrected chi connectivity index (χ3v) is 4.09. The number of phosphoric acid groups is 1. The zero-order valence-corrected chi connectivity index (χ0v) is 16.4. The molecular weight excluding hydrogens is 319 g/mol. The smallest absolute Gasteiger partial charge is 0.466 e. The molecule has 0 heterocycles. The van der Waals surface area contributed by atoms with Crippen molar-refractivity contribution in [1.82, 2.24) is 0 Å². The highest BCUT2D eigenvalue weighted by atomic mass is 31.2. The van der Waals surface area contributed by atoms with Crippen LogP contribution in [0.2, 0.25) is 0 Å². The largest absolute Gasteiger partial charge is 0.474 e. The van der Waals surface area contributed by atoms with E-state index in [-0.39, 0.29) is 5.97 Å². The van der Waals surface area contributed by atoms with Gasteiger partial charge >= 0.3 is 13.8 Å². The lowest BCUT2D eigenvalue weighted by Crippen LogP contribution is -2.03. The summed E-state index contributed by atoms with van der Waals surface area (Å²) in [5, 5.41) is 0. The molecule has 0 aliphatic rings. The van der Waals surface area contributed by atoms with Crippen molar-refractivity contribution in [3.63, 3.8) is 0 Å². The monoisotopic (exact) mass is 354 g/mol. The summed E-state index contributed by atoms with van der Waals surface area (Å²) >= 11 is 0. The molecule has 0 unspecified atom stereocenters. The number of carbonyl (C=O) groups excluding carboxylic acids is 1. The lowest BCUT2D eigenvalue weighted by atomic mass is 10.4. The van der Waals surface area contributed by atoms with Crippen LogP contribution in [-0.4, -0.2) is 32.4 Å². The first kappa shape index (κ1) is 24.8. The lowest BCUT2D eigenvalue weighted by Gasteiger charge is -2.17. The van der Waals surface area contributed by atoms with E-state index in [1.807, 2.05) is 0 Å². The Morgan fingerprint density at radius 2 is 1.13 bits per heavy atom. The zero-order chi connectivity index (χ0) is 18.0. The van der Waals surface area contributed by atoms with Crippen LogP contribution in [0.5, 0.6) is 0 Å². The van der Waals surface area contributed by atoms with Crippen molar-refractivity contribution in [2.75, 3.05) is 26.4 Å². The predicted molar refractivity (Wildman–Crippen MR) is 92.5 cm³/mol. The van der Waals surface area contributed by atoms with Crippen LogP contribution in [0.25, 0.3) is 0 Å². The number of carbonyl (C=O) groups is 1. The maximum Gasteiger partial charge on any atom is 0.474 e. The van der Waals surface area contributed by atoms with Gasteiger partial charge in [0.15, 0.2) is 0 Å². The Kier molecular flexibility index (Phi) is 19.4. The summed E-state index contributed by atoms with van der Waals surface area (Å²) in [6, 6.07) is 0. The Morgan fingerprint density at radius 3 is 1.30 bits per heavy atom. The maximum atomic E-state index is 12.2. The summed E-state index contributed by atoms with van der Waals surface area (Å²) < 4.78 is 32.4. The number of hydrogen-bond acceptors (Lipinski definition) is 6. The minimum absolute atomic E-state index is 0.211. The summed E-state index contributed by atoms with van der Waals surface area (Å²) in [7, 11) is -3.31. The minimum atomic E-state index is -3.31. The average molecular weight is 354 g/mol. The van der Waals surface area contributed by atoms with Gasteiger partial charge in [-0.2, -0.15) is 0 Å². The normalized spacial score (nSPS) is 10.8. The Labute approximate surface area is 141 Å². The number of unbranched alkanes of at least 4 members (excludes halogenated alkanes) is 3. The Hall–Kier alpha value is -0.420. The van der Waals surface area contributed by atoms with Gasteiger partial charge in [0.25, 0.3) is 0 Å². The van der Waals surface area contributed by atoms with Crippen molar-refractivity contribution in [3.8, 4) is 0 Å². The van der Waals surface area contributed by atoms with Crippen LogP contribution >= 0.6 is 7.82 Å². The Bertz CT molecular complexity index is 276. The van der Waals surface area contributed by atoms with Crippen LogP contribution in [-0.2, 0) is 27.7 Å².